The van der Waals surface area contributed by atoms with Gasteiger partial charge in [-0.1, -0.05) is 12.1 Å². The van der Waals surface area contributed by atoms with Crippen LogP contribution in [-0.4, -0.2) is 50.0 Å². The average Bonchev–Trinajstić information content (AvgIpc) is 3.39. The normalized spacial score (nSPS) is 15.2. The highest BCUT2D eigenvalue weighted by Crippen LogP contribution is 2.26. The Morgan fingerprint density at radius 1 is 1.14 bits per heavy atom. The van der Waals surface area contributed by atoms with Gasteiger partial charge in [0.05, 0.1) is 19.7 Å². The molecule has 0 spiro atoms. The first kappa shape index (κ1) is 20.4. The highest BCUT2D eigenvalue weighted by Gasteiger charge is 2.24. The summed E-state index contributed by atoms with van der Waals surface area (Å²) < 4.78 is 10.9. The first-order valence-electron chi connectivity index (χ1n) is 9.25. The predicted molar refractivity (Wildman–Crippen MR) is 108 cm³/mol. The lowest BCUT2D eigenvalue weighted by Gasteiger charge is -2.28. The highest BCUT2D eigenvalue weighted by molar-refractivity contribution is 9.10. The van der Waals surface area contributed by atoms with Crippen molar-refractivity contribution in [3.8, 4) is 5.75 Å². The molecule has 7 nitrogen and oxygen atoms in total. The van der Waals surface area contributed by atoms with Gasteiger partial charge < -0.3 is 19.8 Å². The van der Waals surface area contributed by atoms with E-state index in [1.807, 2.05) is 24.3 Å². The van der Waals surface area contributed by atoms with Gasteiger partial charge >= 0.3 is 0 Å². The van der Waals surface area contributed by atoms with Crippen molar-refractivity contribution in [1.82, 2.24) is 15.5 Å². The molecule has 28 heavy (non-hydrogen) atoms. The molecule has 2 N–H and O–H groups in total. The van der Waals surface area contributed by atoms with Crippen LogP contribution in [0.5, 0.6) is 5.75 Å². The molecule has 0 aliphatic carbocycles. The van der Waals surface area contributed by atoms with Crippen molar-refractivity contribution in [3.63, 3.8) is 0 Å². The number of ether oxygens (including phenoxy) is 1. The van der Waals surface area contributed by atoms with Crippen molar-refractivity contribution in [2.75, 3.05) is 33.3 Å². The number of hydrogen-bond donors (Lipinski definition) is 2. The van der Waals surface area contributed by atoms with Gasteiger partial charge in [-0.15, -0.1) is 0 Å². The van der Waals surface area contributed by atoms with E-state index in [0.717, 1.165) is 37.2 Å². The van der Waals surface area contributed by atoms with Crippen molar-refractivity contribution in [1.29, 1.82) is 0 Å². The topological polar surface area (TPSA) is 83.8 Å². The fourth-order valence-electron chi connectivity index (χ4n) is 3.29. The number of halogens is 1. The summed E-state index contributed by atoms with van der Waals surface area (Å²) in [4.78, 5) is 26.6. The van der Waals surface area contributed by atoms with Crippen LogP contribution in [0, 0.1) is 0 Å². The number of nitrogens with zero attached hydrogens (tertiary/aromatic N) is 1. The maximum Gasteiger partial charge on any atom is 0.287 e. The molecular formula is C20H24BrN3O4. The molecule has 1 saturated heterocycles. The summed E-state index contributed by atoms with van der Waals surface area (Å²) in [6.07, 6.45) is 2.32. The number of furan rings is 1. The van der Waals surface area contributed by atoms with Crippen LogP contribution < -0.4 is 15.4 Å². The van der Waals surface area contributed by atoms with Crippen LogP contribution in [0.3, 0.4) is 0 Å². The minimum atomic E-state index is -0.424. The van der Waals surface area contributed by atoms with E-state index < -0.39 is 5.91 Å². The van der Waals surface area contributed by atoms with Crippen molar-refractivity contribution in [3.05, 3.63) is 52.4 Å². The second-order valence-electron chi connectivity index (χ2n) is 6.62. The smallest absolute Gasteiger partial charge is 0.287 e. The number of hydrogen-bond acceptors (Lipinski definition) is 5. The summed E-state index contributed by atoms with van der Waals surface area (Å²) in [6.45, 7) is 2.40. The number of rotatable bonds is 8. The Labute approximate surface area is 172 Å². The minimum Gasteiger partial charge on any atom is -0.497 e. The zero-order valence-electron chi connectivity index (χ0n) is 15.7. The molecule has 1 aliphatic heterocycles. The van der Waals surface area contributed by atoms with Gasteiger partial charge in [0.2, 0.25) is 5.91 Å². The van der Waals surface area contributed by atoms with Gasteiger partial charge in [-0.3, -0.25) is 14.5 Å². The molecule has 1 unspecified atom stereocenters. The SMILES string of the molecule is COc1ccc(C(CNC(=O)CNC(=O)c2ccc(Br)o2)N2CCCC2)cc1. The molecule has 1 fully saturated rings. The molecular weight excluding hydrogens is 426 g/mol. The Kier molecular flexibility index (Phi) is 7.11. The Hall–Kier alpha value is -2.32. The first-order chi connectivity index (χ1) is 13.6. The quantitative estimate of drug-likeness (QED) is 0.647. The van der Waals surface area contributed by atoms with E-state index in [1.54, 1.807) is 19.2 Å². The van der Waals surface area contributed by atoms with Crippen LogP contribution in [-0.2, 0) is 4.79 Å². The number of carbonyl (C=O) groups excluding carboxylic acids is 2. The minimum absolute atomic E-state index is 0.0917. The van der Waals surface area contributed by atoms with Crippen molar-refractivity contribution in [2.24, 2.45) is 0 Å². The largest absolute Gasteiger partial charge is 0.497 e. The van der Waals surface area contributed by atoms with Gasteiger partial charge in [0.25, 0.3) is 5.91 Å². The molecule has 2 aromatic rings. The Balaban J connectivity index is 1.55. The predicted octanol–water partition coefficient (Wildman–Crippen LogP) is 2.73. The van der Waals surface area contributed by atoms with Gasteiger partial charge in [0.15, 0.2) is 10.4 Å². The molecule has 1 aromatic heterocycles. The first-order valence-corrected chi connectivity index (χ1v) is 10.0. The molecule has 150 valence electrons. The van der Waals surface area contributed by atoms with Gasteiger partial charge in [0, 0.05) is 6.54 Å². The van der Waals surface area contributed by atoms with E-state index in [2.05, 4.69) is 31.5 Å². The third-order valence-corrected chi connectivity index (χ3v) is 5.21. The number of carbonyl (C=O) groups is 2. The molecule has 1 aromatic carbocycles. The standard InChI is InChI=1S/C20H24BrN3O4/c1-27-15-6-4-14(5-7-15)16(24-10-2-3-11-24)12-22-19(25)13-23-20(26)17-8-9-18(21)28-17/h4-9,16H,2-3,10-13H2,1H3,(H,22,25)(H,23,26). The second-order valence-corrected chi connectivity index (χ2v) is 7.40. The number of methoxy groups -OCH3 is 1. The highest BCUT2D eigenvalue weighted by atomic mass is 79.9. The van der Waals surface area contributed by atoms with Crippen LogP contribution in [0.15, 0.2) is 45.5 Å². The molecule has 0 saturated carbocycles. The number of nitrogens with one attached hydrogen (secondary N) is 2. The van der Waals surface area contributed by atoms with Gasteiger partial charge in [-0.2, -0.15) is 0 Å². The monoisotopic (exact) mass is 449 g/mol. The molecule has 1 atom stereocenters. The third kappa shape index (κ3) is 5.36. The molecule has 2 heterocycles. The summed E-state index contributed by atoms with van der Waals surface area (Å²) in [7, 11) is 1.64. The van der Waals surface area contributed by atoms with Gasteiger partial charge in [-0.25, -0.2) is 0 Å². The fourth-order valence-corrected chi connectivity index (χ4v) is 3.60. The zero-order chi connectivity index (χ0) is 19.9. The van der Waals surface area contributed by atoms with E-state index in [1.165, 1.54) is 0 Å². The molecule has 8 heteroatoms. The van der Waals surface area contributed by atoms with Crippen LogP contribution in [0.25, 0.3) is 0 Å². The summed E-state index contributed by atoms with van der Waals surface area (Å²) in [5, 5.41) is 5.50. The van der Waals surface area contributed by atoms with E-state index in [-0.39, 0.29) is 24.3 Å². The lowest BCUT2D eigenvalue weighted by molar-refractivity contribution is -0.120. The number of likely N-dealkylation sites (tertiary alicyclic amines) is 1. The lowest BCUT2D eigenvalue weighted by atomic mass is 10.1. The molecule has 0 radical (unpaired) electrons. The average molecular weight is 450 g/mol. The molecule has 3 rings (SSSR count). The van der Waals surface area contributed by atoms with E-state index in [9.17, 15) is 9.59 Å². The summed E-state index contributed by atoms with van der Waals surface area (Å²) >= 11 is 3.15. The Morgan fingerprint density at radius 2 is 1.86 bits per heavy atom. The van der Waals surface area contributed by atoms with Gasteiger partial charge in [-0.05, 0) is 71.7 Å². The Bertz CT molecular complexity index is 800. The lowest BCUT2D eigenvalue weighted by Crippen LogP contribution is -2.41. The van der Waals surface area contributed by atoms with Crippen molar-refractivity contribution >= 4 is 27.7 Å². The molecule has 1 aliphatic rings. The van der Waals surface area contributed by atoms with Crippen LogP contribution in [0.1, 0.15) is 35.0 Å². The summed E-state index contributed by atoms with van der Waals surface area (Å²) in [5.41, 5.74) is 1.13. The number of amides is 2. The van der Waals surface area contributed by atoms with Crippen LogP contribution in [0.4, 0.5) is 0 Å². The zero-order valence-corrected chi connectivity index (χ0v) is 17.3. The van der Waals surface area contributed by atoms with Crippen molar-refractivity contribution in [2.45, 2.75) is 18.9 Å². The maximum atomic E-state index is 12.2. The Morgan fingerprint density at radius 3 is 2.46 bits per heavy atom. The van der Waals surface area contributed by atoms with Crippen molar-refractivity contribution < 1.29 is 18.7 Å². The summed E-state index contributed by atoms with van der Waals surface area (Å²) in [5.74, 6) is 0.303. The molecule has 0 bridgehead atoms. The van der Waals surface area contributed by atoms with Crippen LogP contribution in [0.2, 0.25) is 0 Å². The maximum absolute atomic E-state index is 12.2. The second kappa shape index (κ2) is 9.75. The van der Waals surface area contributed by atoms with E-state index in [0.29, 0.717) is 11.2 Å². The fraction of sp³-hybridized carbons (Fsp3) is 0.400. The number of benzene rings is 1. The van der Waals surface area contributed by atoms with Crippen LogP contribution >= 0.6 is 15.9 Å². The third-order valence-electron chi connectivity index (χ3n) is 4.78. The van der Waals surface area contributed by atoms with Gasteiger partial charge in [0.1, 0.15) is 5.75 Å². The summed E-state index contributed by atoms with van der Waals surface area (Å²) in [6, 6.07) is 11.2. The molecule has 2 amide bonds. The van der Waals surface area contributed by atoms with E-state index in [4.69, 9.17) is 9.15 Å². The van der Waals surface area contributed by atoms with E-state index >= 15 is 0 Å².